The Bertz CT molecular complexity index is 349. The number of ether oxygens (including phenoxy) is 1. The number of hydrogen-bond acceptors (Lipinski definition) is 3. The molecule has 0 spiro atoms. The molecule has 0 heterocycles. The molecule has 0 aromatic heterocycles. The molecule has 2 N–H and O–H groups in total. The van der Waals surface area contributed by atoms with Crippen molar-refractivity contribution in [1.29, 1.82) is 0 Å². The zero-order valence-corrected chi connectivity index (χ0v) is 10.1. The van der Waals surface area contributed by atoms with Gasteiger partial charge in [0.05, 0.1) is 6.61 Å². The van der Waals surface area contributed by atoms with E-state index in [9.17, 15) is 4.79 Å². The van der Waals surface area contributed by atoms with Crippen molar-refractivity contribution in [2.45, 2.75) is 32.7 Å². The molecule has 3 nitrogen and oxygen atoms in total. The maximum atomic E-state index is 11.8. The number of carbonyl (C=O) groups is 1. The van der Waals surface area contributed by atoms with E-state index in [1.165, 1.54) is 0 Å². The predicted octanol–water partition coefficient (Wildman–Crippen LogP) is 2.40. The molecular formula is C13H19NO2. The van der Waals surface area contributed by atoms with E-state index in [0.29, 0.717) is 18.6 Å². The van der Waals surface area contributed by atoms with E-state index in [2.05, 4.69) is 0 Å². The molecule has 88 valence electrons. The minimum atomic E-state index is -0.463. The summed E-state index contributed by atoms with van der Waals surface area (Å²) in [5, 5.41) is 0. The maximum Gasteiger partial charge on any atom is 0.164 e. The van der Waals surface area contributed by atoms with Crippen molar-refractivity contribution in [3.63, 3.8) is 0 Å². The van der Waals surface area contributed by atoms with Crippen molar-refractivity contribution in [1.82, 2.24) is 0 Å². The van der Waals surface area contributed by atoms with Crippen LogP contribution < -0.4 is 10.5 Å². The molecule has 1 rings (SSSR count). The lowest BCUT2D eigenvalue weighted by Crippen LogP contribution is -2.34. The molecule has 3 heteroatoms. The van der Waals surface area contributed by atoms with Gasteiger partial charge in [0.25, 0.3) is 0 Å². The highest BCUT2D eigenvalue weighted by atomic mass is 16.5. The summed E-state index contributed by atoms with van der Waals surface area (Å²) in [6, 6.07) is 7.17. The quantitative estimate of drug-likeness (QED) is 0.777. The van der Waals surface area contributed by atoms with Gasteiger partial charge in [-0.15, -0.1) is 0 Å². The van der Waals surface area contributed by atoms with E-state index in [-0.39, 0.29) is 5.78 Å². The van der Waals surface area contributed by atoms with Crippen LogP contribution in [0.3, 0.4) is 0 Å². The third kappa shape index (κ3) is 4.03. The summed E-state index contributed by atoms with van der Waals surface area (Å²) in [5.74, 6) is 0.849. The zero-order valence-electron chi connectivity index (χ0n) is 10.1. The SMILES string of the molecule is CCOc1ccc(C(=O)CC(C)(C)N)cc1. The molecule has 0 aliphatic heterocycles. The van der Waals surface area contributed by atoms with Crippen molar-refractivity contribution in [2.75, 3.05) is 6.61 Å². The first-order valence-corrected chi connectivity index (χ1v) is 5.47. The molecule has 0 aliphatic rings. The first-order valence-electron chi connectivity index (χ1n) is 5.47. The number of hydrogen-bond donors (Lipinski definition) is 1. The van der Waals surface area contributed by atoms with Gasteiger partial charge >= 0.3 is 0 Å². The molecule has 0 saturated heterocycles. The van der Waals surface area contributed by atoms with E-state index in [4.69, 9.17) is 10.5 Å². The Labute approximate surface area is 96.6 Å². The topological polar surface area (TPSA) is 52.3 Å². The third-order valence-corrected chi connectivity index (χ3v) is 2.10. The molecule has 0 unspecified atom stereocenters. The van der Waals surface area contributed by atoms with Gasteiger partial charge in [0.1, 0.15) is 5.75 Å². The van der Waals surface area contributed by atoms with Crippen LogP contribution in [0.25, 0.3) is 0 Å². The Balaban J connectivity index is 2.70. The van der Waals surface area contributed by atoms with Gasteiger partial charge in [0.2, 0.25) is 0 Å². The Kier molecular flexibility index (Phi) is 4.07. The molecule has 0 atom stereocenters. The Morgan fingerprint density at radius 3 is 2.31 bits per heavy atom. The van der Waals surface area contributed by atoms with Crippen LogP contribution in [-0.4, -0.2) is 17.9 Å². The number of rotatable bonds is 5. The number of benzene rings is 1. The van der Waals surface area contributed by atoms with Crippen LogP contribution in [0, 0.1) is 0 Å². The van der Waals surface area contributed by atoms with E-state index < -0.39 is 5.54 Å². The van der Waals surface area contributed by atoms with Crippen molar-refractivity contribution >= 4 is 5.78 Å². The number of Topliss-reactive ketones (excluding diaryl/α,β-unsaturated/α-hetero) is 1. The molecule has 1 aromatic rings. The predicted molar refractivity (Wildman–Crippen MR) is 64.8 cm³/mol. The lowest BCUT2D eigenvalue weighted by molar-refractivity contribution is 0.0960. The summed E-state index contributed by atoms with van der Waals surface area (Å²) in [6.07, 6.45) is 0.348. The number of nitrogens with two attached hydrogens (primary N) is 1. The average molecular weight is 221 g/mol. The highest BCUT2D eigenvalue weighted by Crippen LogP contribution is 2.15. The van der Waals surface area contributed by atoms with E-state index in [1.54, 1.807) is 24.3 Å². The summed E-state index contributed by atoms with van der Waals surface area (Å²) in [7, 11) is 0. The molecule has 0 aliphatic carbocycles. The van der Waals surface area contributed by atoms with E-state index in [0.717, 1.165) is 5.75 Å². The van der Waals surface area contributed by atoms with Gasteiger partial charge in [0.15, 0.2) is 5.78 Å². The lowest BCUT2D eigenvalue weighted by Gasteiger charge is -2.17. The fraction of sp³-hybridized carbons (Fsp3) is 0.462. The smallest absolute Gasteiger partial charge is 0.164 e. The lowest BCUT2D eigenvalue weighted by atomic mass is 9.95. The molecule has 16 heavy (non-hydrogen) atoms. The fourth-order valence-electron chi connectivity index (χ4n) is 1.42. The summed E-state index contributed by atoms with van der Waals surface area (Å²) < 4.78 is 5.31. The standard InChI is InChI=1S/C13H19NO2/c1-4-16-11-7-5-10(6-8-11)12(15)9-13(2,3)14/h5-8H,4,9,14H2,1-3H3. The molecule has 0 radical (unpaired) electrons. The highest BCUT2D eigenvalue weighted by Gasteiger charge is 2.17. The monoisotopic (exact) mass is 221 g/mol. The van der Waals surface area contributed by atoms with Gasteiger partial charge in [0, 0.05) is 17.5 Å². The van der Waals surface area contributed by atoms with Crippen LogP contribution in [0.2, 0.25) is 0 Å². The van der Waals surface area contributed by atoms with Gasteiger partial charge in [-0.3, -0.25) is 4.79 Å². The second kappa shape index (κ2) is 5.12. The van der Waals surface area contributed by atoms with Crippen molar-refractivity contribution in [3.8, 4) is 5.75 Å². The summed E-state index contributed by atoms with van der Waals surface area (Å²) in [5.41, 5.74) is 6.03. The summed E-state index contributed by atoms with van der Waals surface area (Å²) in [4.78, 5) is 11.8. The van der Waals surface area contributed by atoms with Crippen molar-refractivity contribution in [3.05, 3.63) is 29.8 Å². The Morgan fingerprint density at radius 1 is 1.31 bits per heavy atom. The second-order valence-corrected chi connectivity index (χ2v) is 4.55. The summed E-state index contributed by atoms with van der Waals surface area (Å²) >= 11 is 0. The van der Waals surface area contributed by atoms with Gasteiger partial charge in [-0.05, 0) is 45.0 Å². The van der Waals surface area contributed by atoms with Crippen molar-refractivity contribution < 1.29 is 9.53 Å². The minimum absolute atomic E-state index is 0.0653. The first-order chi connectivity index (χ1) is 7.42. The third-order valence-electron chi connectivity index (χ3n) is 2.10. The molecular weight excluding hydrogens is 202 g/mol. The fourth-order valence-corrected chi connectivity index (χ4v) is 1.42. The van der Waals surface area contributed by atoms with Crippen LogP contribution in [0.1, 0.15) is 37.6 Å². The van der Waals surface area contributed by atoms with Gasteiger partial charge in [-0.1, -0.05) is 0 Å². The molecule has 1 aromatic carbocycles. The molecule has 0 amide bonds. The van der Waals surface area contributed by atoms with Gasteiger partial charge in [-0.2, -0.15) is 0 Å². The van der Waals surface area contributed by atoms with Crippen LogP contribution in [0.4, 0.5) is 0 Å². The number of ketones is 1. The van der Waals surface area contributed by atoms with Crippen LogP contribution >= 0.6 is 0 Å². The number of carbonyl (C=O) groups excluding carboxylic acids is 1. The molecule has 0 fully saturated rings. The van der Waals surface area contributed by atoms with Gasteiger partial charge in [-0.25, -0.2) is 0 Å². The summed E-state index contributed by atoms with van der Waals surface area (Å²) in [6.45, 7) is 6.25. The Hall–Kier alpha value is -1.35. The normalized spacial score (nSPS) is 11.2. The Morgan fingerprint density at radius 2 is 1.88 bits per heavy atom. The van der Waals surface area contributed by atoms with Crippen LogP contribution in [0.15, 0.2) is 24.3 Å². The first kappa shape index (κ1) is 12.7. The average Bonchev–Trinajstić information content (AvgIpc) is 2.16. The minimum Gasteiger partial charge on any atom is -0.494 e. The molecule has 0 bridgehead atoms. The van der Waals surface area contributed by atoms with Gasteiger partial charge < -0.3 is 10.5 Å². The van der Waals surface area contributed by atoms with Crippen LogP contribution in [0.5, 0.6) is 5.75 Å². The van der Waals surface area contributed by atoms with Crippen LogP contribution in [-0.2, 0) is 0 Å². The largest absolute Gasteiger partial charge is 0.494 e. The van der Waals surface area contributed by atoms with E-state index in [1.807, 2.05) is 20.8 Å². The van der Waals surface area contributed by atoms with E-state index >= 15 is 0 Å². The van der Waals surface area contributed by atoms with Crippen molar-refractivity contribution in [2.24, 2.45) is 5.73 Å². The maximum absolute atomic E-state index is 11.8. The zero-order chi connectivity index (χ0) is 12.2. The molecule has 0 saturated carbocycles. The highest BCUT2D eigenvalue weighted by molar-refractivity contribution is 5.96. The second-order valence-electron chi connectivity index (χ2n) is 4.55.